The smallest absolute Gasteiger partial charge is 0.149 e. The molecule has 2 N–H and O–H groups in total. The molecule has 0 radical (unpaired) electrons. The van der Waals surface area contributed by atoms with Crippen LogP contribution < -0.4 is 5.73 Å². The van der Waals surface area contributed by atoms with Gasteiger partial charge in [-0.15, -0.1) is 12.4 Å². The molecule has 86 valence electrons. The fourth-order valence-corrected chi connectivity index (χ4v) is 1.53. The van der Waals surface area contributed by atoms with Gasteiger partial charge in [-0.25, -0.2) is 9.37 Å². The van der Waals surface area contributed by atoms with Crippen LogP contribution in [0, 0.1) is 5.82 Å². The lowest BCUT2D eigenvalue weighted by Gasteiger charge is -2.07. The molecular formula is C11H13ClFN3. The summed E-state index contributed by atoms with van der Waals surface area (Å²) >= 11 is 0. The van der Waals surface area contributed by atoms with E-state index in [1.54, 1.807) is 29.1 Å². The van der Waals surface area contributed by atoms with Crippen LogP contribution in [0.1, 0.15) is 12.7 Å². The fourth-order valence-electron chi connectivity index (χ4n) is 1.53. The Bertz CT molecular complexity index is 482. The third-order valence-electron chi connectivity index (χ3n) is 2.26. The average molecular weight is 242 g/mol. The molecule has 0 atom stereocenters. The Morgan fingerprint density at radius 1 is 1.44 bits per heavy atom. The predicted molar refractivity (Wildman–Crippen MR) is 64.6 cm³/mol. The van der Waals surface area contributed by atoms with Gasteiger partial charge in [0.25, 0.3) is 0 Å². The minimum absolute atomic E-state index is 0. The molecule has 3 nitrogen and oxygen atoms in total. The first kappa shape index (κ1) is 12.5. The molecule has 1 aromatic heterocycles. The van der Waals surface area contributed by atoms with E-state index in [1.165, 1.54) is 6.07 Å². The minimum Gasteiger partial charge on any atom is -0.399 e. The van der Waals surface area contributed by atoms with Crippen LogP contribution in [0.3, 0.4) is 0 Å². The predicted octanol–water partition coefficient (Wildman–Crippen LogP) is 2.58. The molecule has 0 fully saturated rings. The third kappa shape index (κ3) is 2.17. The maximum Gasteiger partial charge on any atom is 0.149 e. The number of aromatic nitrogens is 2. The lowest BCUT2D eigenvalue weighted by Crippen LogP contribution is -2.02. The molecule has 0 aliphatic carbocycles. The molecule has 0 amide bonds. The largest absolute Gasteiger partial charge is 0.399 e. The molecule has 0 unspecified atom stereocenters. The van der Waals surface area contributed by atoms with Crippen LogP contribution in [0.5, 0.6) is 0 Å². The normalized spacial score (nSPS) is 9.88. The van der Waals surface area contributed by atoms with Crippen LogP contribution in [-0.4, -0.2) is 9.55 Å². The zero-order chi connectivity index (χ0) is 10.8. The van der Waals surface area contributed by atoms with Crippen LogP contribution in [0.4, 0.5) is 10.1 Å². The van der Waals surface area contributed by atoms with Gasteiger partial charge in [-0.3, -0.25) is 0 Å². The Kier molecular flexibility index (Phi) is 3.90. The molecular weight excluding hydrogens is 229 g/mol. The number of anilines is 1. The number of hydrogen-bond acceptors (Lipinski definition) is 2. The zero-order valence-electron chi connectivity index (χ0n) is 8.85. The van der Waals surface area contributed by atoms with Crippen molar-refractivity contribution in [3.63, 3.8) is 0 Å². The van der Waals surface area contributed by atoms with Crippen molar-refractivity contribution < 1.29 is 4.39 Å². The summed E-state index contributed by atoms with van der Waals surface area (Å²) in [6.45, 7) is 1.98. The maximum absolute atomic E-state index is 13.6. The summed E-state index contributed by atoms with van der Waals surface area (Å²) in [6.07, 6.45) is 4.17. The molecule has 0 spiro atoms. The highest BCUT2D eigenvalue weighted by atomic mass is 35.5. The monoisotopic (exact) mass is 241 g/mol. The Hall–Kier alpha value is -1.55. The second kappa shape index (κ2) is 4.99. The van der Waals surface area contributed by atoms with Crippen LogP contribution in [0.25, 0.3) is 5.69 Å². The number of nitrogens with zero attached hydrogens (tertiary/aromatic N) is 2. The SMILES string of the molecule is CCc1nccn1-c1ccc(N)cc1F.Cl. The van der Waals surface area contributed by atoms with Crippen molar-refractivity contribution in [2.24, 2.45) is 0 Å². The Morgan fingerprint density at radius 2 is 2.19 bits per heavy atom. The minimum atomic E-state index is -0.331. The topological polar surface area (TPSA) is 43.8 Å². The molecule has 1 aromatic carbocycles. The van der Waals surface area contributed by atoms with Gasteiger partial charge in [0.1, 0.15) is 11.6 Å². The van der Waals surface area contributed by atoms with Gasteiger partial charge in [-0.05, 0) is 18.2 Å². The van der Waals surface area contributed by atoms with Gasteiger partial charge >= 0.3 is 0 Å². The summed E-state index contributed by atoms with van der Waals surface area (Å²) in [5, 5.41) is 0. The molecule has 16 heavy (non-hydrogen) atoms. The van der Waals surface area contributed by atoms with E-state index >= 15 is 0 Å². The third-order valence-corrected chi connectivity index (χ3v) is 2.26. The second-order valence-corrected chi connectivity index (χ2v) is 3.28. The summed E-state index contributed by atoms with van der Waals surface area (Å²) in [5.41, 5.74) is 6.40. The van der Waals surface area contributed by atoms with Gasteiger partial charge in [0.2, 0.25) is 0 Å². The summed E-state index contributed by atoms with van der Waals surface area (Å²) in [7, 11) is 0. The van der Waals surface area contributed by atoms with Crippen molar-refractivity contribution >= 4 is 18.1 Å². The van der Waals surface area contributed by atoms with Crippen molar-refractivity contribution in [3.8, 4) is 5.69 Å². The molecule has 0 bridgehead atoms. The number of nitrogen functional groups attached to an aromatic ring is 1. The van der Waals surface area contributed by atoms with Crippen molar-refractivity contribution in [2.45, 2.75) is 13.3 Å². The van der Waals surface area contributed by atoms with E-state index in [0.717, 1.165) is 12.2 Å². The first-order valence-corrected chi connectivity index (χ1v) is 4.80. The standard InChI is InChI=1S/C11H12FN3.ClH/c1-2-11-14-5-6-15(11)10-4-3-8(13)7-9(10)12;/h3-7H,2,13H2,1H3;1H. The van der Waals surface area contributed by atoms with E-state index in [1.807, 2.05) is 6.92 Å². The molecule has 2 rings (SSSR count). The highest BCUT2D eigenvalue weighted by molar-refractivity contribution is 5.85. The van der Waals surface area contributed by atoms with Gasteiger partial charge in [0.05, 0.1) is 5.69 Å². The van der Waals surface area contributed by atoms with Crippen LogP contribution in [-0.2, 0) is 6.42 Å². The number of aryl methyl sites for hydroxylation is 1. The first-order chi connectivity index (χ1) is 7.22. The van der Waals surface area contributed by atoms with E-state index in [0.29, 0.717) is 11.4 Å². The average Bonchev–Trinajstić information content (AvgIpc) is 2.65. The van der Waals surface area contributed by atoms with Gasteiger partial charge in [0.15, 0.2) is 0 Å². The maximum atomic E-state index is 13.6. The van der Waals surface area contributed by atoms with E-state index in [-0.39, 0.29) is 18.2 Å². The van der Waals surface area contributed by atoms with Crippen LogP contribution in [0.15, 0.2) is 30.6 Å². The number of imidazole rings is 1. The molecule has 0 aliphatic rings. The first-order valence-electron chi connectivity index (χ1n) is 4.80. The van der Waals surface area contributed by atoms with Crippen LogP contribution in [0.2, 0.25) is 0 Å². The van der Waals surface area contributed by atoms with E-state index < -0.39 is 0 Å². The Balaban J connectivity index is 0.00000128. The van der Waals surface area contributed by atoms with Crippen molar-refractivity contribution in [3.05, 3.63) is 42.2 Å². The van der Waals surface area contributed by atoms with Gasteiger partial charge < -0.3 is 10.3 Å². The summed E-state index contributed by atoms with van der Waals surface area (Å²) in [5.74, 6) is 0.501. The quantitative estimate of drug-likeness (QED) is 0.822. The lowest BCUT2D eigenvalue weighted by atomic mass is 10.2. The van der Waals surface area contributed by atoms with Crippen molar-refractivity contribution in [2.75, 3.05) is 5.73 Å². The van der Waals surface area contributed by atoms with Gasteiger partial charge in [0, 0.05) is 24.5 Å². The number of hydrogen-bond donors (Lipinski definition) is 1. The lowest BCUT2D eigenvalue weighted by molar-refractivity contribution is 0.616. The van der Waals surface area contributed by atoms with Crippen molar-refractivity contribution in [1.82, 2.24) is 9.55 Å². The van der Waals surface area contributed by atoms with E-state index in [4.69, 9.17) is 5.73 Å². The second-order valence-electron chi connectivity index (χ2n) is 3.28. The molecule has 1 heterocycles. The Morgan fingerprint density at radius 3 is 2.81 bits per heavy atom. The van der Waals surface area contributed by atoms with Gasteiger partial charge in [-0.2, -0.15) is 0 Å². The highest BCUT2D eigenvalue weighted by Gasteiger charge is 2.07. The fraction of sp³-hybridized carbons (Fsp3) is 0.182. The van der Waals surface area contributed by atoms with Crippen molar-refractivity contribution in [1.29, 1.82) is 0 Å². The van der Waals surface area contributed by atoms with Crippen LogP contribution >= 0.6 is 12.4 Å². The Labute approximate surface area is 99.5 Å². The number of benzene rings is 1. The zero-order valence-corrected chi connectivity index (χ0v) is 9.67. The molecule has 5 heteroatoms. The van der Waals surface area contributed by atoms with E-state index in [9.17, 15) is 4.39 Å². The summed E-state index contributed by atoms with van der Waals surface area (Å²) in [6, 6.07) is 4.65. The summed E-state index contributed by atoms with van der Waals surface area (Å²) < 4.78 is 15.3. The van der Waals surface area contributed by atoms with E-state index in [2.05, 4.69) is 4.98 Å². The molecule has 0 saturated carbocycles. The summed E-state index contributed by atoms with van der Waals surface area (Å²) in [4.78, 5) is 4.14. The number of halogens is 2. The number of rotatable bonds is 2. The molecule has 2 aromatic rings. The van der Waals surface area contributed by atoms with Gasteiger partial charge in [-0.1, -0.05) is 6.92 Å². The molecule has 0 saturated heterocycles. The molecule has 0 aliphatic heterocycles. The number of nitrogens with two attached hydrogens (primary N) is 1. The highest BCUT2D eigenvalue weighted by Crippen LogP contribution is 2.17.